The van der Waals surface area contributed by atoms with Crippen LogP contribution in [0, 0.1) is 0 Å². The van der Waals surface area contributed by atoms with Gasteiger partial charge in [-0.3, -0.25) is 9.48 Å². The fraction of sp³-hybridized carbons (Fsp3) is 0.733. The molecule has 1 aromatic heterocycles. The number of carbonyl (C=O) groups excluding carboxylic acids is 1. The fourth-order valence-corrected chi connectivity index (χ4v) is 2.87. The van der Waals surface area contributed by atoms with Crippen molar-refractivity contribution in [3.63, 3.8) is 0 Å². The largest absolute Gasteiger partial charge is 0.383 e. The van der Waals surface area contributed by atoms with E-state index in [0.29, 0.717) is 24.9 Å². The van der Waals surface area contributed by atoms with Gasteiger partial charge in [-0.05, 0) is 26.7 Å². The second-order valence-corrected chi connectivity index (χ2v) is 5.97. The minimum atomic E-state index is -0.0694. The van der Waals surface area contributed by atoms with E-state index in [1.807, 2.05) is 13.8 Å². The molecular formula is C15H23N3O3. The van der Waals surface area contributed by atoms with E-state index in [1.54, 1.807) is 11.8 Å². The van der Waals surface area contributed by atoms with Crippen LogP contribution in [-0.4, -0.2) is 41.6 Å². The van der Waals surface area contributed by atoms with Crippen LogP contribution in [-0.2, 0) is 22.4 Å². The second kappa shape index (κ2) is 5.77. The Morgan fingerprint density at radius 2 is 2.24 bits per heavy atom. The zero-order valence-electron chi connectivity index (χ0n) is 12.9. The molecule has 21 heavy (non-hydrogen) atoms. The average Bonchev–Trinajstić information content (AvgIpc) is 3.15. The van der Waals surface area contributed by atoms with E-state index in [1.165, 1.54) is 0 Å². The number of nitrogens with one attached hydrogen (secondary N) is 1. The lowest BCUT2D eigenvalue weighted by molar-refractivity contribution is -0.00716. The van der Waals surface area contributed by atoms with E-state index >= 15 is 0 Å². The molecule has 6 nitrogen and oxygen atoms in total. The Bertz CT molecular complexity index is 537. The van der Waals surface area contributed by atoms with Gasteiger partial charge in [0, 0.05) is 25.1 Å². The highest BCUT2D eigenvalue weighted by Gasteiger charge is 2.33. The number of ether oxygens (including phenoxy) is 2. The summed E-state index contributed by atoms with van der Waals surface area (Å²) in [7, 11) is 1.65. The molecular weight excluding hydrogens is 270 g/mol. The molecule has 0 aromatic carbocycles. The zero-order valence-corrected chi connectivity index (χ0v) is 12.9. The third-order valence-electron chi connectivity index (χ3n) is 4.03. The first-order valence-electron chi connectivity index (χ1n) is 7.65. The minimum absolute atomic E-state index is 0.0105. The van der Waals surface area contributed by atoms with Crippen molar-refractivity contribution in [3.05, 3.63) is 17.0 Å². The summed E-state index contributed by atoms with van der Waals surface area (Å²) in [4.78, 5) is 12.6. The van der Waals surface area contributed by atoms with Crippen molar-refractivity contribution in [3.8, 4) is 0 Å². The van der Waals surface area contributed by atoms with E-state index in [-0.39, 0.29) is 18.1 Å². The Labute approximate surface area is 124 Å². The van der Waals surface area contributed by atoms with E-state index in [0.717, 1.165) is 30.5 Å². The van der Waals surface area contributed by atoms with Crippen molar-refractivity contribution in [2.45, 2.75) is 57.9 Å². The summed E-state index contributed by atoms with van der Waals surface area (Å²) in [5, 5.41) is 7.67. The number of methoxy groups -OCH3 is 1. The lowest BCUT2D eigenvalue weighted by atomic mass is 9.99. The molecule has 2 atom stereocenters. The van der Waals surface area contributed by atoms with E-state index in [2.05, 4.69) is 10.4 Å². The summed E-state index contributed by atoms with van der Waals surface area (Å²) in [5.41, 5.74) is 2.62. The van der Waals surface area contributed by atoms with E-state index in [4.69, 9.17) is 9.47 Å². The molecule has 1 aliphatic heterocycles. The van der Waals surface area contributed by atoms with Gasteiger partial charge < -0.3 is 14.8 Å². The Hall–Kier alpha value is -1.40. The van der Waals surface area contributed by atoms with Crippen LogP contribution >= 0.6 is 0 Å². The molecule has 0 saturated heterocycles. The topological polar surface area (TPSA) is 65.4 Å². The third-order valence-corrected chi connectivity index (χ3v) is 4.03. The summed E-state index contributed by atoms with van der Waals surface area (Å²) >= 11 is 0. The van der Waals surface area contributed by atoms with Gasteiger partial charge in [0.15, 0.2) is 0 Å². The van der Waals surface area contributed by atoms with Crippen molar-refractivity contribution in [2.24, 2.45) is 0 Å². The fourth-order valence-electron chi connectivity index (χ4n) is 2.87. The Kier molecular flexibility index (Phi) is 3.99. The number of aromatic nitrogens is 2. The summed E-state index contributed by atoms with van der Waals surface area (Å²) in [6.45, 7) is 5.15. The van der Waals surface area contributed by atoms with Crippen LogP contribution in [0.3, 0.4) is 0 Å². The molecule has 2 aliphatic rings. The zero-order chi connectivity index (χ0) is 15.0. The maximum absolute atomic E-state index is 12.6. The summed E-state index contributed by atoms with van der Waals surface area (Å²) in [5.74, 6) is -0.0105. The first-order valence-corrected chi connectivity index (χ1v) is 7.65. The van der Waals surface area contributed by atoms with Crippen LogP contribution in [0.2, 0.25) is 0 Å². The van der Waals surface area contributed by atoms with E-state index < -0.39 is 0 Å². The number of amides is 1. The van der Waals surface area contributed by atoms with Crippen molar-refractivity contribution in [1.29, 1.82) is 0 Å². The monoisotopic (exact) mass is 293 g/mol. The van der Waals surface area contributed by atoms with Crippen molar-refractivity contribution in [2.75, 3.05) is 13.7 Å². The third kappa shape index (κ3) is 2.96. The van der Waals surface area contributed by atoms with Crippen LogP contribution in [0.5, 0.6) is 0 Å². The van der Waals surface area contributed by atoms with Gasteiger partial charge in [-0.2, -0.15) is 5.10 Å². The predicted molar refractivity (Wildman–Crippen MR) is 77.3 cm³/mol. The number of hydrogen-bond donors (Lipinski definition) is 1. The first kappa shape index (κ1) is 14.5. The molecule has 0 radical (unpaired) electrons. The van der Waals surface area contributed by atoms with Crippen molar-refractivity contribution < 1.29 is 14.3 Å². The standard InChI is InChI=1S/C15H23N3O3/c1-9-8-12-13(10(2)21-9)17-18(6-7-20-3)14(12)15(19)16-11-4-5-11/h9-11H,4-8H2,1-3H3,(H,16,19)/t9-,10+/m0/s1. The molecule has 6 heteroatoms. The van der Waals surface area contributed by atoms with Crippen molar-refractivity contribution in [1.82, 2.24) is 15.1 Å². The van der Waals surface area contributed by atoms with Crippen LogP contribution in [0.15, 0.2) is 0 Å². The molecule has 1 aliphatic carbocycles. The Balaban J connectivity index is 1.94. The summed E-state index contributed by atoms with van der Waals surface area (Å²) in [6.07, 6.45) is 2.94. The molecule has 1 fully saturated rings. The quantitative estimate of drug-likeness (QED) is 0.892. The lowest BCUT2D eigenvalue weighted by Crippen LogP contribution is -2.30. The maximum atomic E-state index is 12.6. The van der Waals surface area contributed by atoms with Gasteiger partial charge in [-0.25, -0.2) is 0 Å². The molecule has 1 N–H and O–H groups in total. The summed E-state index contributed by atoms with van der Waals surface area (Å²) < 4.78 is 12.7. The molecule has 1 saturated carbocycles. The van der Waals surface area contributed by atoms with Gasteiger partial charge in [0.25, 0.3) is 5.91 Å². The number of rotatable bonds is 5. The summed E-state index contributed by atoms with van der Waals surface area (Å²) in [6, 6.07) is 0.341. The molecule has 2 heterocycles. The van der Waals surface area contributed by atoms with Crippen molar-refractivity contribution >= 4 is 5.91 Å². The highest BCUT2D eigenvalue weighted by molar-refractivity contribution is 5.94. The van der Waals surface area contributed by atoms with Gasteiger partial charge in [-0.15, -0.1) is 0 Å². The Morgan fingerprint density at radius 1 is 1.48 bits per heavy atom. The molecule has 1 aromatic rings. The average molecular weight is 293 g/mol. The van der Waals surface area contributed by atoms with Crippen LogP contribution in [0.1, 0.15) is 54.5 Å². The molecule has 0 unspecified atom stereocenters. The van der Waals surface area contributed by atoms with Gasteiger partial charge in [0.2, 0.25) is 0 Å². The maximum Gasteiger partial charge on any atom is 0.270 e. The smallest absolute Gasteiger partial charge is 0.270 e. The minimum Gasteiger partial charge on any atom is -0.383 e. The van der Waals surface area contributed by atoms with E-state index in [9.17, 15) is 4.79 Å². The SMILES string of the molecule is COCCn1nc2c(c1C(=O)NC1CC1)C[C@H](C)O[C@@H]2C. The van der Waals surface area contributed by atoms with Gasteiger partial charge in [0.1, 0.15) is 5.69 Å². The van der Waals surface area contributed by atoms with Crippen LogP contribution in [0.25, 0.3) is 0 Å². The molecule has 0 spiro atoms. The normalized spacial score (nSPS) is 24.7. The highest BCUT2D eigenvalue weighted by Crippen LogP contribution is 2.32. The van der Waals surface area contributed by atoms with Crippen LogP contribution < -0.4 is 5.32 Å². The van der Waals surface area contributed by atoms with Crippen LogP contribution in [0.4, 0.5) is 0 Å². The predicted octanol–water partition coefficient (Wildman–Crippen LogP) is 1.44. The number of fused-ring (bicyclic) bond motifs is 1. The number of hydrogen-bond acceptors (Lipinski definition) is 4. The van der Waals surface area contributed by atoms with Gasteiger partial charge >= 0.3 is 0 Å². The molecule has 3 rings (SSSR count). The molecule has 0 bridgehead atoms. The number of carbonyl (C=O) groups is 1. The molecule has 116 valence electrons. The number of nitrogens with zero attached hydrogens (tertiary/aromatic N) is 2. The van der Waals surface area contributed by atoms with Gasteiger partial charge in [0.05, 0.1) is 31.1 Å². The highest BCUT2D eigenvalue weighted by atomic mass is 16.5. The lowest BCUT2D eigenvalue weighted by Gasteiger charge is -2.24. The second-order valence-electron chi connectivity index (χ2n) is 5.97. The first-order chi connectivity index (χ1) is 10.1. The van der Waals surface area contributed by atoms with Gasteiger partial charge in [-0.1, -0.05) is 0 Å². The Morgan fingerprint density at radius 3 is 2.90 bits per heavy atom. The molecule has 1 amide bonds.